The minimum Gasteiger partial charge on any atom is -0.381 e. The van der Waals surface area contributed by atoms with Crippen LogP contribution >= 0.6 is 0 Å². The summed E-state index contributed by atoms with van der Waals surface area (Å²) in [5.74, 6) is 0.867. The van der Waals surface area contributed by atoms with E-state index in [1.54, 1.807) is 0 Å². The number of nitrogens with one attached hydrogen (secondary N) is 2. The lowest BCUT2D eigenvalue weighted by molar-refractivity contribution is -0.0320. The molecule has 0 saturated carbocycles. The number of guanidine groups is 1. The Balaban J connectivity index is 1.68. The van der Waals surface area contributed by atoms with Crippen LogP contribution in [0, 0.1) is 6.92 Å². The first kappa shape index (κ1) is 18.7. The number of hydrogen-bond donors (Lipinski definition) is 2. The van der Waals surface area contributed by atoms with Gasteiger partial charge in [0.1, 0.15) is 0 Å². The number of aliphatic imine (C=N–C) groups is 1. The summed E-state index contributed by atoms with van der Waals surface area (Å²) in [5, 5.41) is 6.68. The summed E-state index contributed by atoms with van der Waals surface area (Å²) in [6, 6.07) is 8.37. The second-order valence-electron chi connectivity index (χ2n) is 6.08. The predicted octanol–water partition coefficient (Wildman–Crippen LogP) is 2.64. The van der Waals surface area contributed by atoms with Gasteiger partial charge in [-0.2, -0.15) is 0 Å². The molecule has 0 unspecified atom stereocenters. The van der Waals surface area contributed by atoms with Gasteiger partial charge in [0.25, 0.3) is 0 Å². The summed E-state index contributed by atoms with van der Waals surface area (Å²) in [7, 11) is 0. The molecule has 1 aromatic carbocycles. The molecule has 0 aliphatic carbocycles. The Morgan fingerprint density at radius 2 is 2.04 bits per heavy atom. The van der Waals surface area contributed by atoms with Gasteiger partial charge in [0.05, 0.1) is 12.6 Å². The number of ether oxygens (including phenoxy) is 2. The van der Waals surface area contributed by atoms with Crippen LogP contribution in [0.5, 0.6) is 0 Å². The molecule has 0 bridgehead atoms. The van der Waals surface area contributed by atoms with Crippen LogP contribution in [0.4, 0.5) is 0 Å². The molecule has 0 spiro atoms. The zero-order valence-electron chi connectivity index (χ0n) is 15.0. The van der Waals surface area contributed by atoms with E-state index in [1.807, 2.05) is 0 Å². The van der Waals surface area contributed by atoms with Crippen molar-refractivity contribution in [3.63, 3.8) is 0 Å². The van der Waals surface area contributed by atoms with Crippen LogP contribution in [-0.4, -0.2) is 45.0 Å². The van der Waals surface area contributed by atoms with Crippen molar-refractivity contribution in [1.82, 2.24) is 10.6 Å². The molecule has 0 amide bonds. The van der Waals surface area contributed by atoms with Crippen LogP contribution in [0.25, 0.3) is 0 Å². The molecular weight excluding hydrogens is 302 g/mol. The molecule has 5 heteroatoms. The molecule has 2 rings (SSSR count). The molecule has 0 aromatic heterocycles. The minimum atomic E-state index is 0.377. The SMILES string of the molecule is CCNC(=NCc1ccccc1C)NCCCOC1CCOCC1. The van der Waals surface area contributed by atoms with Crippen LogP contribution in [0.3, 0.4) is 0 Å². The highest BCUT2D eigenvalue weighted by atomic mass is 16.5. The van der Waals surface area contributed by atoms with E-state index in [-0.39, 0.29) is 0 Å². The van der Waals surface area contributed by atoms with Crippen molar-refractivity contribution in [2.75, 3.05) is 32.9 Å². The molecular formula is C19H31N3O2. The minimum absolute atomic E-state index is 0.377. The van der Waals surface area contributed by atoms with E-state index in [0.29, 0.717) is 12.6 Å². The van der Waals surface area contributed by atoms with Crippen molar-refractivity contribution in [3.8, 4) is 0 Å². The van der Waals surface area contributed by atoms with Gasteiger partial charge in [0, 0.05) is 32.9 Å². The van der Waals surface area contributed by atoms with Crippen molar-refractivity contribution in [3.05, 3.63) is 35.4 Å². The fourth-order valence-electron chi connectivity index (χ4n) is 2.67. The summed E-state index contributed by atoms with van der Waals surface area (Å²) in [5.41, 5.74) is 2.54. The number of benzene rings is 1. The maximum absolute atomic E-state index is 5.89. The lowest BCUT2D eigenvalue weighted by Crippen LogP contribution is -2.38. The first-order valence-electron chi connectivity index (χ1n) is 9.05. The quantitative estimate of drug-likeness (QED) is 0.436. The van der Waals surface area contributed by atoms with Gasteiger partial charge in [-0.05, 0) is 44.2 Å². The zero-order chi connectivity index (χ0) is 17.0. The second kappa shape index (κ2) is 11.0. The van der Waals surface area contributed by atoms with Crippen LogP contribution in [0.1, 0.15) is 37.3 Å². The van der Waals surface area contributed by atoms with Crippen LogP contribution in [0.15, 0.2) is 29.3 Å². The summed E-state index contributed by atoms with van der Waals surface area (Å²) in [6.07, 6.45) is 3.40. The highest BCUT2D eigenvalue weighted by Gasteiger charge is 2.13. The normalized spacial score (nSPS) is 16.2. The topological polar surface area (TPSA) is 54.9 Å². The van der Waals surface area contributed by atoms with Gasteiger partial charge >= 0.3 is 0 Å². The monoisotopic (exact) mass is 333 g/mol. The Labute approximate surface area is 145 Å². The summed E-state index contributed by atoms with van der Waals surface area (Å²) >= 11 is 0. The molecule has 5 nitrogen and oxygen atoms in total. The van der Waals surface area contributed by atoms with Crippen molar-refractivity contribution < 1.29 is 9.47 Å². The average Bonchev–Trinajstić information content (AvgIpc) is 2.61. The molecule has 1 aliphatic heterocycles. The molecule has 1 aromatic rings. The van der Waals surface area contributed by atoms with E-state index in [2.05, 4.69) is 53.7 Å². The number of nitrogens with zero attached hydrogens (tertiary/aromatic N) is 1. The Morgan fingerprint density at radius 1 is 1.25 bits per heavy atom. The molecule has 24 heavy (non-hydrogen) atoms. The molecule has 0 radical (unpaired) electrons. The summed E-state index contributed by atoms with van der Waals surface area (Å²) in [4.78, 5) is 4.67. The van der Waals surface area contributed by atoms with E-state index >= 15 is 0 Å². The maximum atomic E-state index is 5.89. The van der Waals surface area contributed by atoms with Crippen molar-refractivity contribution in [2.24, 2.45) is 4.99 Å². The average molecular weight is 333 g/mol. The Hall–Kier alpha value is -1.59. The lowest BCUT2D eigenvalue weighted by Gasteiger charge is -2.22. The second-order valence-corrected chi connectivity index (χ2v) is 6.08. The third-order valence-electron chi connectivity index (χ3n) is 4.15. The molecule has 1 heterocycles. The summed E-state index contributed by atoms with van der Waals surface area (Å²) in [6.45, 7) is 9.08. The zero-order valence-corrected chi connectivity index (χ0v) is 15.0. The Morgan fingerprint density at radius 3 is 2.79 bits per heavy atom. The van der Waals surface area contributed by atoms with Crippen LogP contribution in [0.2, 0.25) is 0 Å². The molecule has 1 saturated heterocycles. The molecule has 2 N–H and O–H groups in total. The van der Waals surface area contributed by atoms with Crippen LogP contribution < -0.4 is 10.6 Å². The highest BCUT2D eigenvalue weighted by Crippen LogP contribution is 2.10. The van der Waals surface area contributed by atoms with Gasteiger partial charge < -0.3 is 20.1 Å². The van der Waals surface area contributed by atoms with Gasteiger partial charge in [-0.1, -0.05) is 24.3 Å². The number of hydrogen-bond acceptors (Lipinski definition) is 3. The van der Waals surface area contributed by atoms with Gasteiger partial charge in [-0.25, -0.2) is 4.99 Å². The van der Waals surface area contributed by atoms with E-state index in [1.165, 1.54) is 11.1 Å². The number of aryl methyl sites for hydroxylation is 1. The standard InChI is InChI=1S/C19H31N3O2/c1-3-20-19(22-15-17-8-5-4-7-16(17)2)21-11-6-12-24-18-9-13-23-14-10-18/h4-5,7-8,18H,3,6,9-15H2,1-2H3,(H2,20,21,22). The van der Waals surface area contributed by atoms with E-state index in [0.717, 1.165) is 58.1 Å². The van der Waals surface area contributed by atoms with Crippen molar-refractivity contribution >= 4 is 5.96 Å². The van der Waals surface area contributed by atoms with E-state index < -0.39 is 0 Å². The molecule has 1 aliphatic rings. The van der Waals surface area contributed by atoms with Gasteiger partial charge in [0.2, 0.25) is 0 Å². The molecule has 0 atom stereocenters. The van der Waals surface area contributed by atoms with Crippen molar-refractivity contribution in [1.29, 1.82) is 0 Å². The maximum Gasteiger partial charge on any atom is 0.191 e. The number of rotatable bonds is 8. The first-order valence-corrected chi connectivity index (χ1v) is 9.05. The predicted molar refractivity (Wildman–Crippen MR) is 98.4 cm³/mol. The van der Waals surface area contributed by atoms with Gasteiger partial charge in [-0.3, -0.25) is 0 Å². The van der Waals surface area contributed by atoms with E-state index in [4.69, 9.17) is 9.47 Å². The summed E-state index contributed by atoms with van der Waals surface area (Å²) < 4.78 is 11.2. The Kier molecular flexibility index (Phi) is 8.63. The molecule has 134 valence electrons. The third kappa shape index (κ3) is 6.89. The first-order chi connectivity index (χ1) is 11.8. The van der Waals surface area contributed by atoms with Gasteiger partial charge in [-0.15, -0.1) is 0 Å². The largest absolute Gasteiger partial charge is 0.381 e. The smallest absolute Gasteiger partial charge is 0.191 e. The van der Waals surface area contributed by atoms with E-state index in [9.17, 15) is 0 Å². The highest BCUT2D eigenvalue weighted by molar-refractivity contribution is 5.79. The third-order valence-corrected chi connectivity index (χ3v) is 4.15. The lowest BCUT2D eigenvalue weighted by atomic mass is 10.1. The Bertz CT molecular complexity index is 499. The molecule has 1 fully saturated rings. The fraction of sp³-hybridized carbons (Fsp3) is 0.632. The fourth-order valence-corrected chi connectivity index (χ4v) is 2.67. The van der Waals surface area contributed by atoms with Crippen molar-refractivity contribution in [2.45, 2.75) is 45.8 Å². The van der Waals surface area contributed by atoms with Gasteiger partial charge in [0.15, 0.2) is 5.96 Å². The van der Waals surface area contributed by atoms with Crippen LogP contribution in [-0.2, 0) is 16.0 Å².